The van der Waals surface area contributed by atoms with Crippen LogP contribution < -0.4 is 5.73 Å². The smallest absolute Gasteiger partial charge is 0.146 e. The monoisotopic (exact) mass is 194 g/mol. The molecule has 2 nitrogen and oxygen atoms in total. The van der Waals surface area contributed by atoms with Crippen molar-refractivity contribution in [2.24, 2.45) is 0 Å². The van der Waals surface area contributed by atoms with E-state index in [2.05, 4.69) is 11.9 Å². The predicted molar refractivity (Wildman–Crippen MR) is 55.3 cm³/mol. The van der Waals surface area contributed by atoms with Crippen molar-refractivity contribution in [2.75, 3.05) is 12.8 Å². The summed E-state index contributed by atoms with van der Waals surface area (Å²) >= 11 is 0. The van der Waals surface area contributed by atoms with E-state index in [1.165, 1.54) is 18.9 Å². The Hall–Kier alpha value is -1.09. The number of nitrogens with zero attached hydrogens (tertiary/aromatic N) is 1. The standard InChI is InChI=1S/C11H15FN2/c1-14(9-5-6-9)7-8-3-2-4-10(12)11(8)13/h2-4,9H,5-7,13H2,1H3. The average molecular weight is 194 g/mol. The number of hydrogen-bond donors (Lipinski definition) is 1. The molecule has 0 spiro atoms. The van der Waals surface area contributed by atoms with Gasteiger partial charge in [-0.15, -0.1) is 0 Å². The summed E-state index contributed by atoms with van der Waals surface area (Å²) in [7, 11) is 2.06. The summed E-state index contributed by atoms with van der Waals surface area (Å²) < 4.78 is 13.1. The Balaban J connectivity index is 2.11. The Bertz CT molecular complexity index is 334. The van der Waals surface area contributed by atoms with Gasteiger partial charge in [0.2, 0.25) is 0 Å². The first kappa shape index (κ1) is 9.46. The van der Waals surface area contributed by atoms with Gasteiger partial charge in [-0.05, 0) is 31.5 Å². The molecule has 0 amide bonds. The third kappa shape index (κ3) is 1.87. The molecule has 14 heavy (non-hydrogen) atoms. The molecule has 1 aliphatic rings. The molecule has 0 aromatic heterocycles. The van der Waals surface area contributed by atoms with Gasteiger partial charge in [0, 0.05) is 12.6 Å². The second kappa shape index (κ2) is 3.58. The van der Waals surface area contributed by atoms with Crippen LogP contribution >= 0.6 is 0 Å². The summed E-state index contributed by atoms with van der Waals surface area (Å²) in [5, 5.41) is 0. The van der Waals surface area contributed by atoms with Gasteiger partial charge in [-0.2, -0.15) is 0 Å². The number of nitrogen functional groups attached to an aromatic ring is 1. The summed E-state index contributed by atoms with van der Waals surface area (Å²) in [6, 6.07) is 5.67. The lowest BCUT2D eigenvalue weighted by atomic mass is 10.1. The van der Waals surface area contributed by atoms with E-state index in [0.29, 0.717) is 11.7 Å². The summed E-state index contributed by atoms with van der Waals surface area (Å²) in [6.07, 6.45) is 2.51. The third-order valence-electron chi connectivity index (χ3n) is 2.73. The van der Waals surface area contributed by atoms with E-state index in [9.17, 15) is 4.39 Å². The first-order chi connectivity index (χ1) is 6.68. The molecule has 0 heterocycles. The van der Waals surface area contributed by atoms with Crippen molar-refractivity contribution < 1.29 is 4.39 Å². The zero-order valence-electron chi connectivity index (χ0n) is 8.33. The van der Waals surface area contributed by atoms with Gasteiger partial charge in [-0.25, -0.2) is 4.39 Å². The molecule has 0 atom stereocenters. The van der Waals surface area contributed by atoms with Crippen LogP contribution in [0.5, 0.6) is 0 Å². The van der Waals surface area contributed by atoms with Crippen molar-refractivity contribution in [1.82, 2.24) is 4.90 Å². The fraction of sp³-hybridized carbons (Fsp3) is 0.455. The van der Waals surface area contributed by atoms with Gasteiger partial charge in [0.15, 0.2) is 0 Å². The molecular formula is C11H15FN2. The Kier molecular flexibility index (Phi) is 2.42. The van der Waals surface area contributed by atoms with Gasteiger partial charge < -0.3 is 5.73 Å². The van der Waals surface area contributed by atoms with Gasteiger partial charge >= 0.3 is 0 Å². The van der Waals surface area contributed by atoms with E-state index in [4.69, 9.17) is 5.73 Å². The molecule has 0 saturated heterocycles. The van der Waals surface area contributed by atoms with Crippen LogP contribution in [0.15, 0.2) is 18.2 Å². The highest BCUT2D eigenvalue weighted by atomic mass is 19.1. The highest BCUT2D eigenvalue weighted by Crippen LogP contribution is 2.28. The molecule has 0 bridgehead atoms. The summed E-state index contributed by atoms with van der Waals surface area (Å²) in [4.78, 5) is 2.23. The lowest BCUT2D eigenvalue weighted by Crippen LogP contribution is -2.20. The van der Waals surface area contributed by atoms with Gasteiger partial charge in [-0.1, -0.05) is 12.1 Å². The maximum Gasteiger partial charge on any atom is 0.146 e. The Labute approximate surface area is 83.5 Å². The number of halogens is 1. The van der Waals surface area contributed by atoms with E-state index < -0.39 is 0 Å². The Morgan fingerprint density at radius 2 is 2.21 bits per heavy atom. The van der Waals surface area contributed by atoms with E-state index in [1.54, 1.807) is 6.07 Å². The molecule has 1 aromatic rings. The maximum absolute atomic E-state index is 13.1. The Morgan fingerprint density at radius 1 is 1.50 bits per heavy atom. The normalized spacial score (nSPS) is 16.2. The second-order valence-corrected chi connectivity index (χ2v) is 3.96. The van der Waals surface area contributed by atoms with Crippen LogP contribution in [0.2, 0.25) is 0 Å². The maximum atomic E-state index is 13.1. The van der Waals surface area contributed by atoms with Crippen molar-refractivity contribution >= 4 is 5.69 Å². The molecule has 1 saturated carbocycles. The minimum Gasteiger partial charge on any atom is -0.396 e. The number of benzene rings is 1. The van der Waals surface area contributed by atoms with Crippen molar-refractivity contribution in [3.8, 4) is 0 Å². The molecular weight excluding hydrogens is 179 g/mol. The van der Waals surface area contributed by atoms with Crippen LogP contribution in [0, 0.1) is 5.82 Å². The molecule has 0 aliphatic heterocycles. The van der Waals surface area contributed by atoms with Crippen LogP contribution in [-0.2, 0) is 6.54 Å². The molecule has 0 radical (unpaired) electrons. The highest BCUT2D eigenvalue weighted by Gasteiger charge is 2.26. The molecule has 1 aromatic carbocycles. The second-order valence-electron chi connectivity index (χ2n) is 3.96. The lowest BCUT2D eigenvalue weighted by molar-refractivity contribution is 0.316. The van der Waals surface area contributed by atoms with Crippen molar-refractivity contribution in [3.05, 3.63) is 29.6 Å². The number of hydrogen-bond acceptors (Lipinski definition) is 2. The highest BCUT2D eigenvalue weighted by molar-refractivity contribution is 5.47. The van der Waals surface area contributed by atoms with Crippen LogP contribution in [0.25, 0.3) is 0 Å². The molecule has 0 unspecified atom stereocenters. The largest absolute Gasteiger partial charge is 0.396 e. The SMILES string of the molecule is CN(Cc1cccc(F)c1N)C1CC1. The molecule has 3 heteroatoms. The van der Waals surface area contributed by atoms with Crippen LogP contribution in [0.4, 0.5) is 10.1 Å². The van der Waals surface area contributed by atoms with Crippen LogP contribution in [0.1, 0.15) is 18.4 Å². The van der Waals surface area contributed by atoms with E-state index in [-0.39, 0.29) is 5.82 Å². The van der Waals surface area contributed by atoms with Crippen LogP contribution in [-0.4, -0.2) is 18.0 Å². The summed E-state index contributed by atoms with van der Waals surface area (Å²) in [5.41, 5.74) is 6.83. The topological polar surface area (TPSA) is 29.3 Å². The lowest BCUT2D eigenvalue weighted by Gasteiger charge is -2.16. The number of para-hydroxylation sites is 1. The minimum absolute atomic E-state index is 0.292. The van der Waals surface area contributed by atoms with Crippen LogP contribution in [0.3, 0.4) is 0 Å². The fourth-order valence-corrected chi connectivity index (χ4v) is 1.63. The zero-order chi connectivity index (χ0) is 10.1. The van der Waals surface area contributed by atoms with E-state index in [0.717, 1.165) is 12.1 Å². The molecule has 1 fully saturated rings. The summed E-state index contributed by atoms with van der Waals surface area (Å²) in [5.74, 6) is -0.313. The zero-order valence-corrected chi connectivity index (χ0v) is 8.33. The molecule has 2 N–H and O–H groups in total. The third-order valence-corrected chi connectivity index (χ3v) is 2.73. The predicted octanol–water partition coefficient (Wildman–Crippen LogP) is 2.00. The average Bonchev–Trinajstić information content (AvgIpc) is 2.95. The number of rotatable bonds is 3. The number of nitrogens with two attached hydrogens (primary N) is 1. The first-order valence-electron chi connectivity index (χ1n) is 4.91. The summed E-state index contributed by atoms with van der Waals surface area (Å²) in [6.45, 7) is 0.744. The number of anilines is 1. The minimum atomic E-state index is -0.313. The fourth-order valence-electron chi connectivity index (χ4n) is 1.63. The van der Waals surface area contributed by atoms with Gasteiger partial charge in [-0.3, -0.25) is 4.90 Å². The van der Waals surface area contributed by atoms with Crippen molar-refractivity contribution in [3.63, 3.8) is 0 Å². The van der Waals surface area contributed by atoms with Gasteiger partial charge in [0.1, 0.15) is 5.82 Å². The quantitative estimate of drug-likeness (QED) is 0.746. The van der Waals surface area contributed by atoms with Gasteiger partial charge in [0.25, 0.3) is 0 Å². The first-order valence-corrected chi connectivity index (χ1v) is 4.91. The molecule has 76 valence electrons. The van der Waals surface area contributed by atoms with Crippen molar-refractivity contribution in [1.29, 1.82) is 0 Å². The molecule has 1 aliphatic carbocycles. The van der Waals surface area contributed by atoms with E-state index >= 15 is 0 Å². The van der Waals surface area contributed by atoms with Gasteiger partial charge in [0.05, 0.1) is 5.69 Å². The Morgan fingerprint density at radius 3 is 2.86 bits per heavy atom. The molecule has 2 rings (SSSR count). The van der Waals surface area contributed by atoms with Crippen molar-refractivity contribution in [2.45, 2.75) is 25.4 Å². The van der Waals surface area contributed by atoms with E-state index in [1.807, 2.05) is 6.07 Å².